The highest BCUT2D eigenvalue weighted by molar-refractivity contribution is 7.17. The lowest BCUT2D eigenvalue weighted by Gasteiger charge is -2.07. The summed E-state index contributed by atoms with van der Waals surface area (Å²) in [7, 11) is 3.10. The predicted molar refractivity (Wildman–Crippen MR) is 113 cm³/mol. The molecule has 0 aliphatic rings. The van der Waals surface area contributed by atoms with Crippen molar-refractivity contribution in [3.05, 3.63) is 58.1 Å². The minimum absolute atomic E-state index is 0.000575. The second kappa shape index (κ2) is 8.74. The standard InChI is InChI=1S/C21H21N3O4S/c1-12-15(6-5-7-17(12)27-3)21-23-13(2)19(29-21)20(26)24-22-11-14-8-9-18(28-4)16(25)10-14/h5-11,25H,1-4H3,(H,24,26)/b22-11+. The Bertz CT molecular complexity index is 1080. The predicted octanol–water partition coefficient (Wildman–Crippen LogP) is 3.91. The third-order valence-corrected chi connectivity index (χ3v) is 5.51. The normalized spacial score (nSPS) is 10.9. The molecule has 2 N–H and O–H groups in total. The molecule has 150 valence electrons. The SMILES string of the molecule is COc1ccc(/C=N/NC(=O)c2sc(-c3cccc(OC)c3C)nc2C)cc1O. The molecule has 1 amide bonds. The van der Waals surface area contributed by atoms with Crippen LogP contribution in [0.4, 0.5) is 0 Å². The number of ether oxygens (including phenoxy) is 2. The van der Waals surface area contributed by atoms with Crippen molar-refractivity contribution in [3.8, 4) is 27.8 Å². The summed E-state index contributed by atoms with van der Waals surface area (Å²) in [5.41, 5.74) is 5.64. The molecule has 7 nitrogen and oxygen atoms in total. The van der Waals surface area contributed by atoms with Crippen LogP contribution in [0.3, 0.4) is 0 Å². The number of methoxy groups -OCH3 is 2. The Morgan fingerprint density at radius 3 is 2.62 bits per heavy atom. The van der Waals surface area contributed by atoms with Crippen LogP contribution >= 0.6 is 11.3 Å². The number of carbonyl (C=O) groups is 1. The number of phenolic OH excluding ortho intramolecular Hbond substituents is 1. The van der Waals surface area contributed by atoms with Crippen molar-refractivity contribution in [2.75, 3.05) is 14.2 Å². The van der Waals surface area contributed by atoms with Crippen molar-refractivity contribution in [2.24, 2.45) is 5.10 Å². The van der Waals surface area contributed by atoms with Crippen LogP contribution in [0, 0.1) is 13.8 Å². The van der Waals surface area contributed by atoms with E-state index in [-0.39, 0.29) is 11.7 Å². The summed E-state index contributed by atoms with van der Waals surface area (Å²) < 4.78 is 10.4. The number of phenols is 1. The van der Waals surface area contributed by atoms with E-state index < -0.39 is 0 Å². The van der Waals surface area contributed by atoms with E-state index >= 15 is 0 Å². The number of aryl methyl sites for hydroxylation is 1. The summed E-state index contributed by atoms with van der Waals surface area (Å²) in [6.07, 6.45) is 1.44. The first-order chi connectivity index (χ1) is 13.9. The Morgan fingerprint density at radius 1 is 1.17 bits per heavy atom. The largest absolute Gasteiger partial charge is 0.504 e. The number of hydrazone groups is 1. The van der Waals surface area contributed by atoms with Crippen molar-refractivity contribution in [2.45, 2.75) is 13.8 Å². The van der Waals surface area contributed by atoms with E-state index in [2.05, 4.69) is 15.5 Å². The van der Waals surface area contributed by atoms with Gasteiger partial charge in [0.05, 0.1) is 26.1 Å². The fraction of sp³-hybridized carbons (Fsp3) is 0.190. The number of carbonyl (C=O) groups excluding carboxylic acids is 1. The summed E-state index contributed by atoms with van der Waals surface area (Å²) in [6, 6.07) is 10.6. The van der Waals surface area contributed by atoms with Gasteiger partial charge >= 0.3 is 0 Å². The average molecular weight is 411 g/mol. The summed E-state index contributed by atoms with van der Waals surface area (Å²) in [5.74, 6) is 0.792. The van der Waals surface area contributed by atoms with Crippen LogP contribution in [-0.2, 0) is 0 Å². The molecule has 1 heterocycles. The third kappa shape index (κ3) is 4.38. The molecule has 3 aromatic rings. The summed E-state index contributed by atoms with van der Waals surface area (Å²) >= 11 is 1.30. The third-order valence-electron chi connectivity index (χ3n) is 4.32. The van der Waals surface area contributed by atoms with Crippen LogP contribution in [-0.4, -0.2) is 36.4 Å². The molecular weight excluding hydrogens is 390 g/mol. The molecule has 0 fully saturated rings. The number of amides is 1. The number of benzene rings is 2. The van der Waals surface area contributed by atoms with E-state index in [1.54, 1.807) is 26.2 Å². The highest BCUT2D eigenvalue weighted by atomic mass is 32.1. The zero-order valence-electron chi connectivity index (χ0n) is 16.5. The van der Waals surface area contributed by atoms with Crippen LogP contribution in [0.15, 0.2) is 41.5 Å². The zero-order valence-corrected chi connectivity index (χ0v) is 17.3. The maximum atomic E-state index is 12.5. The molecule has 1 aromatic heterocycles. The van der Waals surface area contributed by atoms with Crippen LogP contribution < -0.4 is 14.9 Å². The van der Waals surface area contributed by atoms with Crippen LogP contribution in [0.5, 0.6) is 17.2 Å². The Morgan fingerprint density at radius 2 is 1.93 bits per heavy atom. The first kappa shape index (κ1) is 20.3. The first-order valence-corrected chi connectivity index (χ1v) is 9.58. The Labute approximate surface area is 172 Å². The van der Waals surface area contributed by atoms with Crippen molar-refractivity contribution < 1.29 is 19.4 Å². The molecule has 0 saturated carbocycles. The van der Waals surface area contributed by atoms with Crippen molar-refractivity contribution in [1.82, 2.24) is 10.4 Å². The lowest BCUT2D eigenvalue weighted by atomic mass is 10.1. The molecule has 0 saturated heterocycles. The summed E-state index contributed by atoms with van der Waals surface area (Å²) in [4.78, 5) is 17.5. The van der Waals surface area contributed by atoms with E-state index in [4.69, 9.17) is 9.47 Å². The number of thiazole rings is 1. The Hall–Kier alpha value is -3.39. The monoisotopic (exact) mass is 411 g/mol. The molecule has 0 unspecified atom stereocenters. The molecular formula is C21H21N3O4S. The lowest BCUT2D eigenvalue weighted by Crippen LogP contribution is -2.17. The van der Waals surface area contributed by atoms with E-state index in [0.29, 0.717) is 21.9 Å². The highest BCUT2D eigenvalue weighted by Gasteiger charge is 2.18. The summed E-state index contributed by atoms with van der Waals surface area (Å²) in [6.45, 7) is 3.74. The molecule has 3 rings (SSSR count). The number of aromatic nitrogens is 1. The van der Waals surface area contributed by atoms with E-state index in [1.165, 1.54) is 30.7 Å². The molecule has 0 aliphatic carbocycles. The van der Waals surface area contributed by atoms with Crippen molar-refractivity contribution in [3.63, 3.8) is 0 Å². The summed E-state index contributed by atoms with van der Waals surface area (Å²) in [5, 5.41) is 14.5. The van der Waals surface area contributed by atoms with Gasteiger partial charge in [0.2, 0.25) is 0 Å². The number of nitrogens with zero attached hydrogens (tertiary/aromatic N) is 2. The van der Waals surface area contributed by atoms with Gasteiger partial charge in [-0.2, -0.15) is 5.10 Å². The van der Waals surface area contributed by atoms with Gasteiger partial charge in [-0.05, 0) is 43.7 Å². The zero-order chi connectivity index (χ0) is 21.0. The van der Waals surface area contributed by atoms with E-state index in [0.717, 1.165) is 21.9 Å². The smallest absolute Gasteiger partial charge is 0.283 e. The number of hydrogen-bond donors (Lipinski definition) is 2. The second-order valence-corrected chi connectivity index (χ2v) is 7.20. The lowest BCUT2D eigenvalue weighted by molar-refractivity contribution is 0.0958. The molecule has 0 bridgehead atoms. The molecule has 8 heteroatoms. The van der Waals surface area contributed by atoms with Gasteiger partial charge in [-0.25, -0.2) is 10.4 Å². The number of hydrogen-bond acceptors (Lipinski definition) is 7. The molecule has 0 radical (unpaired) electrons. The van der Waals surface area contributed by atoms with E-state index in [9.17, 15) is 9.90 Å². The van der Waals surface area contributed by atoms with Gasteiger partial charge in [0.15, 0.2) is 11.5 Å². The van der Waals surface area contributed by atoms with Gasteiger partial charge in [0.25, 0.3) is 5.91 Å². The average Bonchev–Trinajstić information content (AvgIpc) is 3.09. The number of aromatic hydroxyl groups is 1. The van der Waals surface area contributed by atoms with Gasteiger partial charge in [-0.3, -0.25) is 4.79 Å². The fourth-order valence-corrected chi connectivity index (χ4v) is 3.83. The topological polar surface area (TPSA) is 93.0 Å². The van der Waals surface area contributed by atoms with Crippen LogP contribution in [0.1, 0.15) is 26.5 Å². The molecule has 0 aliphatic heterocycles. The van der Waals surface area contributed by atoms with Gasteiger partial charge in [0.1, 0.15) is 15.6 Å². The molecule has 29 heavy (non-hydrogen) atoms. The molecule has 0 atom stereocenters. The maximum absolute atomic E-state index is 12.5. The van der Waals surface area contributed by atoms with Gasteiger partial charge in [-0.1, -0.05) is 12.1 Å². The fourth-order valence-electron chi connectivity index (χ4n) is 2.79. The van der Waals surface area contributed by atoms with Crippen LogP contribution in [0.25, 0.3) is 10.6 Å². The quantitative estimate of drug-likeness (QED) is 0.474. The number of nitrogens with one attached hydrogen (secondary N) is 1. The number of rotatable bonds is 6. The molecule has 2 aromatic carbocycles. The van der Waals surface area contributed by atoms with Crippen molar-refractivity contribution >= 4 is 23.5 Å². The van der Waals surface area contributed by atoms with E-state index in [1.807, 2.05) is 25.1 Å². The minimum atomic E-state index is -0.346. The first-order valence-electron chi connectivity index (χ1n) is 8.76. The Balaban J connectivity index is 1.76. The van der Waals surface area contributed by atoms with Crippen molar-refractivity contribution in [1.29, 1.82) is 0 Å². The van der Waals surface area contributed by atoms with Gasteiger partial charge in [-0.15, -0.1) is 11.3 Å². The second-order valence-electron chi connectivity index (χ2n) is 6.20. The van der Waals surface area contributed by atoms with Crippen LogP contribution in [0.2, 0.25) is 0 Å². The van der Waals surface area contributed by atoms with Gasteiger partial charge in [0, 0.05) is 11.1 Å². The maximum Gasteiger partial charge on any atom is 0.283 e. The Kier molecular flexibility index (Phi) is 6.13. The highest BCUT2D eigenvalue weighted by Crippen LogP contribution is 2.34. The minimum Gasteiger partial charge on any atom is -0.504 e. The van der Waals surface area contributed by atoms with Gasteiger partial charge < -0.3 is 14.6 Å². The molecule has 0 spiro atoms.